The van der Waals surface area contributed by atoms with Gasteiger partial charge in [-0.1, -0.05) is 12.2 Å². The van der Waals surface area contributed by atoms with E-state index in [9.17, 15) is 0 Å². The van der Waals surface area contributed by atoms with Gasteiger partial charge in [0.1, 0.15) is 9.95 Å². The summed E-state index contributed by atoms with van der Waals surface area (Å²) >= 11 is 5.61. The first-order valence-corrected chi connectivity index (χ1v) is 13.5. The molecule has 2 unspecified atom stereocenters. The SMILES string of the molecule is COc1ccc(C2(C)C(=S)SSSSS[S+]2N)cc1. The summed E-state index contributed by atoms with van der Waals surface area (Å²) in [6, 6.07) is 8.04. The van der Waals surface area contributed by atoms with Crippen LogP contribution >= 0.6 is 62.3 Å². The van der Waals surface area contributed by atoms with Gasteiger partial charge < -0.3 is 4.74 Å². The quantitative estimate of drug-likeness (QED) is 0.433. The Hall–Kier alpha value is 1.17. The molecule has 1 aliphatic heterocycles. The van der Waals surface area contributed by atoms with Crippen LogP contribution in [0.1, 0.15) is 12.5 Å². The summed E-state index contributed by atoms with van der Waals surface area (Å²) < 4.78 is 5.85. The molecule has 2 nitrogen and oxygen atoms in total. The average molecular weight is 387 g/mol. The van der Waals surface area contributed by atoms with Crippen LogP contribution in [-0.4, -0.2) is 11.3 Å². The van der Waals surface area contributed by atoms with E-state index in [-0.39, 0.29) is 14.9 Å². The molecule has 9 heteroatoms. The molecular weight excluding hydrogens is 375 g/mol. The van der Waals surface area contributed by atoms with Gasteiger partial charge in [-0.15, -0.1) is 5.14 Å². The van der Waals surface area contributed by atoms with Gasteiger partial charge >= 0.3 is 0 Å². The van der Waals surface area contributed by atoms with Crippen molar-refractivity contribution in [3.8, 4) is 5.75 Å². The smallest absolute Gasteiger partial charge is 0.224 e. The zero-order valence-corrected chi connectivity index (χ0v) is 15.9. The summed E-state index contributed by atoms with van der Waals surface area (Å²) in [5, 5.41) is 6.39. The van der Waals surface area contributed by atoms with Gasteiger partial charge in [0.15, 0.2) is 19.9 Å². The number of hydrogen-bond donors (Lipinski definition) is 1. The molecule has 0 amide bonds. The maximum atomic E-state index is 6.39. The predicted octanol–water partition coefficient (Wildman–Crippen LogP) is 4.98. The number of benzene rings is 1. The maximum absolute atomic E-state index is 6.39. The molecule has 2 N–H and O–H groups in total. The summed E-state index contributed by atoms with van der Waals surface area (Å²) in [6.45, 7) is 2.14. The van der Waals surface area contributed by atoms with Crippen LogP contribution < -0.4 is 9.88 Å². The second-order valence-corrected chi connectivity index (χ2v) is 15.0. The Balaban J connectivity index is 2.36. The summed E-state index contributed by atoms with van der Waals surface area (Å²) in [4.78, 5) is 0. The summed E-state index contributed by atoms with van der Waals surface area (Å²) in [5.41, 5.74) is 1.15. The minimum atomic E-state index is -0.369. The standard InChI is InChI=1S/C10H12NOS7/c1-10(7-3-5-8(12-2)6-4-7)9(13)14-15-16-17-18-19(10)11/h3-6H,11H2,1-2H3/q+1. The molecule has 2 atom stereocenters. The number of thiocarbonyl (C=S) groups is 1. The molecule has 0 bridgehead atoms. The lowest BCUT2D eigenvalue weighted by atomic mass is 10.0. The fourth-order valence-corrected chi connectivity index (χ4v) is 16.9. The van der Waals surface area contributed by atoms with E-state index in [0.717, 1.165) is 15.5 Å². The van der Waals surface area contributed by atoms with Crippen molar-refractivity contribution < 1.29 is 4.74 Å². The van der Waals surface area contributed by atoms with Crippen molar-refractivity contribution in [2.24, 2.45) is 5.14 Å². The Labute approximate surface area is 140 Å². The van der Waals surface area contributed by atoms with Crippen molar-refractivity contribution in [3.05, 3.63) is 29.8 Å². The highest BCUT2D eigenvalue weighted by Gasteiger charge is 2.50. The van der Waals surface area contributed by atoms with Crippen LogP contribution in [0, 0.1) is 0 Å². The lowest BCUT2D eigenvalue weighted by Crippen LogP contribution is -2.40. The lowest BCUT2D eigenvalue weighted by Gasteiger charge is -2.26. The Morgan fingerprint density at radius 1 is 1.21 bits per heavy atom. The van der Waals surface area contributed by atoms with E-state index >= 15 is 0 Å². The third kappa shape index (κ3) is 3.68. The largest absolute Gasteiger partial charge is 0.497 e. The van der Waals surface area contributed by atoms with Crippen molar-refractivity contribution >= 4 is 76.6 Å². The molecule has 1 aliphatic rings. The number of hydrogen-bond acceptors (Lipinski definition) is 8. The molecule has 2 rings (SSSR count). The topological polar surface area (TPSA) is 35.2 Å². The Kier molecular flexibility index (Phi) is 6.47. The second kappa shape index (κ2) is 7.44. The molecule has 1 fully saturated rings. The highest BCUT2D eigenvalue weighted by atomic mass is 33.9. The second-order valence-electron chi connectivity index (χ2n) is 3.70. The molecule has 1 heterocycles. The third-order valence-corrected chi connectivity index (χ3v) is 16.7. The van der Waals surface area contributed by atoms with Crippen molar-refractivity contribution in [2.45, 2.75) is 11.7 Å². The molecular formula is C10H12NOS7+. The summed E-state index contributed by atoms with van der Waals surface area (Å²) in [7, 11) is 9.78. The van der Waals surface area contributed by atoms with E-state index in [2.05, 4.69) is 19.1 Å². The van der Waals surface area contributed by atoms with Crippen LogP contribution in [-0.2, 0) is 14.9 Å². The normalized spacial score (nSPS) is 28.6. The van der Waals surface area contributed by atoms with Crippen molar-refractivity contribution in [3.63, 3.8) is 0 Å². The molecule has 1 saturated heterocycles. The van der Waals surface area contributed by atoms with Gasteiger partial charge in [-0.25, -0.2) is 0 Å². The first-order chi connectivity index (χ1) is 9.09. The Morgan fingerprint density at radius 2 is 1.89 bits per heavy atom. The number of nitrogens with two attached hydrogens (primary N) is 1. The Morgan fingerprint density at radius 3 is 2.53 bits per heavy atom. The molecule has 1 aromatic rings. The monoisotopic (exact) mass is 386 g/mol. The molecule has 1 aromatic carbocycles. The van der Waals surface area contributed by atoms with Gasteiger partial charge in [0.05, 0.1) is 7.11 Å². The van der Waals surface area contributed by atoms with Gasteiger partial charge in [0, 0.05) is 25.2 Å². The number of methoxy groups -OCH3 is 1. The number of ether oxygens (including phenoxy) is 1. The fraction of sp³-hybridized carbons (Fsp3) is 0.300. The minimum Gasteiger partial charge on any atom is -0.497 e. The van der Waals surface area contributed by atoms with E-state index in [4.69, 9.17) is 22.1 Å². The molecule has 0 spiro atoms. The van der Waals surface area contributed by atoms with E-state index in [1.54, 1.807) is 57.2 Å². The van der Waals surface area contributed by atoms with Crippen LogP contribution in [0.3, 0.4) is 0 Å². The number of rotatable bonds is 2. The van der Waals surface area contributed by atoms with Gasteiger partial charge in [-0.2, -0.15) is 0 Å². The molecule has 0 radical (unpaired) electrons. The van der Waals surface area contributed by atoms with Crippen LogP contribution in [0.2, 0.25) is 0 Å². The maximum Gasteiger partial charge on any atom is 0.224 e. The summed E-state index contributed by atoms with van der Waals surface area (Å²) in [6.07, 6.45) is 0. The fourth-order valence-electron chi connectivity index (χ4n) is 1.47. The van der Waals surface area contributed by atoms with Crippen molar-refractivity contribution in [2.75, 3.05) is 7.11 Å². The van der Waals surface area contributed by atoms with Crippen molar-refractivity contribution in [1.29, 1.82) is 0 Å². The van der Waals surface area contributed by atoms with Gasteiger partial charge in [-0.05, 0) is 51.8 Å². The van der Waals surface area contributed by atoms with E-state index in [1.165, 1.54) is 0 Å². The first-order valence-electron chi connectivity index (χ1n) is 5.12. The highest BCUT2D eigenvalue weighted by Crippen LogP contribution is 2.58. The molecule has 0 aliphatic carbocycles. The van der Waals surface area contributed by atoms with Crippen molar-refractivity contribution in [1.82, 2.24) is 0 Å². The van der Waals surface area contributed by atoms with Crippen LogP contribution in [0.15, 0.2) is 24.3 Å². The zero-order chi connectivity index (χ0) is 13.9. The van der Waals surface area contributed by atoms with Crippen LogP contribution in [0.5, 0.6) is 5.75 Å². The third-order valence-electron chi connectivity index (χ3n) is 2.70. The zero-order valence-electron chi connectivity index (χ0n) is 10.2. The molecule has 19 heavy (non-hydrogen) atoms. The minimum absolute atomic E-state index is 0.294. The first kappa shape index (κ1) is 16.5. The van der Waals surface area contributed by atoms with E-state index in [0.29, 0.717) is 0 Å². The summed E-state index contributed by atoms with van der Waals surface area (Å²) in [5.74, 6) is 0.848. The average Bonchev–Trinajstić information content (AvgIpc) is 2.44. The van der Waals surface area contributed by atoms with Gasteiger partial charge in [0.25, 0.3) is 0 Å². The molecule has 0 aromatic heterocycles. The predicted molar refractivity (Wildman–Crippen MR) is 102 cm³/mol. The van der Waals surface area contributed by atoms with E-state index < -0.39 is 0 Å². The lowest BCUT2D eigenvalue weighted by molar-refractivity contribution is 0.414. The van der Waals surface area contributed by atoms with Gasteiger partial charge in [0.2, 0.25) is 4.75 Å². The highest BCUT2D eigenvalue weighted by molar-refractivity contribution is 9.42. The molecule has 104 valence electrons. The van der Waals surface area contributed by atoms with E-state index in [1.807, 2.05) is 12.1 Å². The van der Waals surface area contributed by atoms with Crippen LogP contribution in [0.25, 0.3) is 0 Å². The van der Waals surface area contributed by atoms with Gasteiger partial charge in [-0.3, -0.25) is 0 Å². The molecule has 0 saturated carbocycles. The van der Waals surface area contributed by atoms with Crippen LogP contribution in [0.4, 0.5) is 0 Å². The Bertz CT molecular complexity index is 454.